The second-order valence-corrected chi connectivity index (χ2v) is 9.68. The van der Waals surface area contributed by atoms with Gasteiger partial charge in [0.05, 0.1) is 12.0 Å². The Morgan fingerprint density at radius 1 is 1.03 bits per heavy atom. The van der Waals surface area contributed by atoms with E-state index in [2.05, 4.69) is 5.32 Å². The molecule has 180 valence electrons. The van der Waals surface area contributed by atoms with Gasteiger partial charge in [-0.1, -0.05) is 26.8 Å². The van der Waals surface area contributed by atoms with Crippen LogP contribution in [0.2, 0.25) is 0 Å². The predicted molar refractivity (Wildman–Crippen MR) is 115 cm³/mol. The van der Waals surface area contributed by atoms with Crippen molar-refractivity contribution in [2.45, 2.75) is 72.0 Å². The van der Waals surface area contributed by atoms with Crippen LogP contribution in [0.4, 0.5) is 13.2 Å². The smallest absolute Gasteiger partial charge is 0.416 e. The van der Waals surface area contributed by atoms with E-state index in [-0.39, 0.29) is 49.2 Å². The highest BCUT2D eigenvalue weighted by molar-refractivity contribution is 5.95. The summed E-state index contributed by atoms with van der Waals surface area (Å²) in [7, 11) is 0. The van der Waals surface area contributed by atoms with Gasteiger partial charge in [0.25, 0.3) is 5.91 Å². The first kappa shape index (κ1) is 27.5. The molecule has 2 N–H and O–H groups in total. The highest BCUT2D eigenvalue weighted by atomic mass is 19.4. The van der Waals surface area contributed by atoms with Crippen LogP contribution in [0, 0.1) is 5.41 Å². The van der Waals surface area contributed by atoms with E-state index in [9.17, 15) is 27.6 Å². The van der Waals surface area contributed by atoms with Gasteiger partial charge in [-0.25, -0.2) is 0 Å². The van der Waals surface area contributed by atoms with E-state index < -0.39 is 29.2 Å². The topological polar surface area (TPSA) is 86.7 Å². The first-order valence-corrected chi connectivity index (χ1v) is 10.5. The Morgan fingerprint density at radius 3 is 2.19 bits per heavy atom. The number of hydrogen-bond acceptors (Lipinski definition) is 3. The molecule has 0 fully saturated rings. The van der Waals surface area contributed by atoms with Crippen LogP contribution in [0.3, 0.4) is 0 Å². The van der Waals surface area contributed by atoms with Crippen molar-refractivity contribution in [1.82, 2.24) is 10.2 Å². The molecule has 32 heavy (non-hydrogen) atoms. The molecule has 6 nitrogen and oxygen atoms in total. The summed E-state index contributed by atoms with van der Waals surface area (Å²) < 4.78 is 39.4. The fourth-order valence-corrected chi connectivity index (χ4v) is 3.85. The Morgan fingerprint density at radius 2 is 1.66 bits per heavy atom. The van der Waals surface area contributed by atoms with Crippen LogP contribution in [0.25, 0.3) is 0 Å². The molecule has 0 aliphatic heterocycles. The second kappa shape index (κ2) is 10.8. The van der Waals surface area contributed by atoms with Gasteiger partial charge >= 0.3 is 12.1 Å². The molecule has 0 bridgehead atoms. The van der Waals surface area contributed by atoms with Gasteiger partial charge in [-0.05, 0) is 50.3 Å². The summed E-state index contributed by atoms with van der Waals surface area (Å²) in [5.74, 6) is -1.89. The molecule has 0 aliphatic rings. The summed E-state index contributed by atoms with van der Waals surface area (Å²) >= 11 is 0. The molecule has 0 aromatic heterocycles. The minimum atomic E-state index is -4.56. The van der Waals surface area contributed by atoms with Crippen molar-refractivity contribution >= 4 is 17.8 Å². The Balaban J connectivity index is 3.02. The predicted octanol–water partition coefficient (Wildman–Crippen LogP) is 4.73. The van der Waals surface area contributed by atoms with E-state index in [0.29, 0.717) is 6.42 Å². The Labute approximate surface area is 187 Å². The lowest BCUT2D eigenvalue weighted by molar-refractivity contribution is -0.138. The third-order valence-electron chi connectivity index (χ3n) is 4.82. The number of nitrogens with zero attached hydrogens (tertiary/aromatic N) is 1. The molecule has 2 amide bonds. The SMILES string of the molecule is CC(C)(C)CC(C)(C)N(CCCC(=O)NCCC(=O)O)C(=O)c1cccc(C(F)(F)F)c1. The number of rotatable bonds is 10. The van der Waals surface area contributed by atoms with Gasteiger partial charge in [0.1, 0.15) is 0 Å². The average Bonchev–Trinajstić information content (AvgIpc) is 2.61. The molecule has 1 aromatic carbocycles. The van der Waals surface area contributed by atoms with Crippen LogP contribution in [0.5, 0.6) is 0 Å². The molecule has 9 heteroatoms. The maximum atomic E-state index is 13.3. The van der Waals surface area contributed by atoms with E-state index >= 15 is 0 Å². The van der Waals surface area contributed by atoms with E-state index in [4.69, 9.17) is 5.11 Å². The zero-order valence-corrected chi connectivity index (χ0v) is 19.3. The quantitative estimate of drug-likeness (QED) is 0.531. The van der Waals surface area contributed by atoms with Crippen molar-refractivity contribution in [1.29, 1.82) is 0 Å². The largest absolute Gasteiger partial charge is 0.481 e. The average molecular weight is 459 g/mol. The van der Waals surface area contributed by atoms with Crippen molar-refractivity contribution in [2.24, 2.45) is 5.41 Å². The Kier molecular flexibility index (Phi) is 9.29. The number of amides is 2. The first-order valence-electron chi connectivity index (χ1n) is 10.5. The Hall–Kier alpha value is -2.58. The molecule has 1 aromatic rings. The molecule has 0 spiro atoms. The van der Waals surface area contributed by atoms with Crippen LogP contribution in [-0.4, -0.2) is 46.4 Å². The third-order valence-corrected chi connectivity index (χ3v) is 4.82. The van der Waals surface area contributed by atoms with E-state index in [1.54, 1.807) is 0 Å². The van der Waals surface area contributed by atoms with Gasteiger partial charge in [-0.2, -0.15) is 13.2 Å². The molecule has 0 unspecified atom stereocenters. The molecule has 0 atom stereocenters. The third kappa shape index (κ3) is 9.28. The number of carbonyl (C=O) groups excluding carboxylic acids is 2. The van der Waals surface area contributed by atoms with Gasteiger partial charge < -0.3 is 15.3 Å². The molecule has 0 saturated heterocycles. The maximum absolute atomic E-state index is 13.3. The molecular formula is C23H33F3N2O4. The van der Waals surface area contributed by atoms with Crippen LogP contribution >= 0.6 is 0 Å². The van der Waals surface area contributed by atoms with Gasteiger partial charge in [-0.3, -0.25) is 14.4 Å². The van der Waals surface area contributed by atoms with Gasteiger partial charge in [-0.15, -0.1) is 0 Å². The number of nitrogens with one attached hydrogen (secondary N) is 1. The molecule has 0 aliphatic carbocycles. The number of carboxylic acids is 1. The summed E-state index contributed by atoms with van der Waals surface area (Å²) in [5.41, 5.74) is -1.78. The monoisotopic (exact) mass is 458 g/mol. The summed E-state index contributed by atoms with van der Waals surface area (Å²) in [6.45, 7) is 9.93. The van der Waals surface area contributed by atoms with Gasteiger partial charge in [0, 0.05) is 30.6 Å². The van der Waals surface area contributed by atoms with E-state index in [0.717, 1.165) is 12.1 Å². The second-order valence-electron chi connectivity index (χ2n) is 9.68. The standard InChI is InChI=1S/C23H33F3N2O4/c1-21(2,3)15-22(4,5)28(13-7-10-18(29)27-12-11-19(30)31)20(32)16-8-6-9-17(14-16)23(24,25)26/h6,8-9,14H,7,10-13,15H2,1-5H3,(H,27,29)(H,30,31). The molecule has 0 radical (unpaired) electrons. The van der Waals surface area contributed by atoms with Crippen molar-refractivity contribution in [2.75, 3.05) is 13.1 Å². The number of carbonyl (C=O) groups is 3. The highest BCUT2D eigenvalue weighted by Crippen LogP contribution is 2.34. The fourth-order valence-electron chi connectivity index (χ4n) is 3.85. The van der Waals surface area contributed by atoms with E-state index in [1.165, 1.54) is 17.0 Å². The zero-order chi connectivity index (χ0) is 24.7. The van der Waals surface area contributed by atoms with Crippen LogP contribution in [0.15, 0.2) is 24.3 Å². The number of halogens is 3. The molecule has 0 saturated carbocycles. The van der Waals surface area contributed by atoms with Crippen LogP contribution in [0.1, 0.15) is 76.2 Å². The molecular weight excluding hydrogens is 425 g/mol. The van der Waals surface area contributed by atoms with Crippen molar-refractivity contribution in [3.63, 3.8) is 0 Å². The number of carboxylic acid groups (broad SMARTS) is 1. The molecule has 1 rings (SSSR count). The maximum Gasteiger partial charge on any atom is 0.416 e. The minimum Gasteiger partial charge on any atom is -0.481 e. The summed E-state index contributed by atoms with van der Waals surface area (Å²) in [6, 6.07) is 4.33. The first-order chi connectivity index (χ1) is 14.5. The highest BCUT2D eigenvalue weighted by Gasteiger charge is 2.36. The lowest BCUT2D eigenvalue weighted by Crippen LogP contribution is -2.50. The summed E-state index contributed by atoms with van der Waals surface area (Å²) in [4.78, 5) is 37.3. The normalized spacial score (nSPS) is 12.4. The van der Waals surface area contributed by atoms with E-state index in [1.807, 2.05) is 34.6 Å². The zero-order valence-electron chi connectivity index (χ0n) is 19.3. The Bertz CT molecular complexity index is 814. The lowest BCUT2D eigenvalue weighted by atomic mass is 9.80. The summed E-state index contributed by atoms with van der Waals surface area (Å²) in [6.07, 6.45) is -3.80. The van der Waals surface area contributed by atoms with Gasteiger partial charge in [0.15, 0.2) is 0 Å². The number of aliphatic carboxylic acids is 1. The fraction of sp³-hybridized carbons (Fsp3) is 0.609. The van der Waals surface area contributed by atoms with Crippen molar-refractivity contribution in [3.8, 4) is 0 Å². The number of alkyl halides is 3. The lowest BCUT2D eigenvalue weighted by Gasteiger charge is -2.42. The van der Waals surface area contributed by atoms with Crippen LogP contribution in [-0.2, 0) is 15.8 Å². The minimum absolute atomic E-state index is 0.0105. The van der Waals surface area contributed by atoms with Crippen LogP contribution < -0.4 is 5.32 Å². The van der Waals surface area contributed by atoms with Crippen molar-refractivity contribution in [3.05, 3.63) is 35.4 Å². The number of hydrogen-bond donors (Lipinski definition) is 2. The summed E-state index contributed by atoms with van der Waals surface area (Å²) in [5, 5.41) is 11.1. The van der Waals surface area contributed by atoms with Crippen molar-refractivity contribution < 1.29 is 32.7 Å². The number of benzene rings is 1. The molecule has 0 heterocycles. The van der Waals surface area contributed by atoms with Gasteiger partial charge in [0.2, 0.25) is 5.91 Å².